The summed E-state index contributed by atoms with van der Waals surface area (Å²) in [5.41, 5.74) is 1.20. The molecule has 16 heavy (non-hydrogen) atoms. The third-order valence-electron chi connectivity index (χ3n) is 2.07. The third-order valence-corrected chi connectivity index (χ3v) is 2.70. The van der Waals surface area contributed by atoms with E-state index in [2.05, 4.69) is 10.2 Å². The van der Waals surface area contributed by atoms with Crippen molar-refractivity contribution in [1.82, 2.24) is 10.2 Å². The average molecular weight is 232 g/mol. The Hall–Kier alpha value is -1.55. The summed E-state index contributed by atoms with van der Waals surface area (Å²) in [4.78, 5) is 0. The Kier molecular flexibility index (Phi) is 3.41. The van der Waals surface area contributed by atoms with Gasteiger partial charge in [0.1, 0.15) is 10.8 Å². The van der Waals surface area contributed by atoms with Gasteiger partial charge < -0.3 is 4.74 Å². The highest BCUT2D eigenvalue weighted by Gasteiger charge is 1.99. The molecule has 4 heteroatoms. The number of benzene rings is 1. The van der Waals surface area contributed by atoms with E-state index in [0.717, 1.165) is 10.8 Å². The largest absolute Gasteiger partial charge is 0.438 e. The van der Waals surface area contributed by atoms with Crippen LogP contribution in [0.4, 0.5) is 0 Å². The number of ether oxygens (including phenoxy) is 1. The lowest BCUT2D eigenvalue weighted by atomic mass is 10.2. The molecule has 0 aliphatic heterocycles. The second kappa shape index (κ2) is 4.99. The summed E-state index contributed by atoms with van der Waals surface area (Å²) in [6.45, 7) is 2.04. The number of aryl methyl sites for hydroxylation is 1. The van der Waals surface area contributed by atoms with Crippen molar-refractivity contribution in [3.63, 3.8) is 0 Å². The molecule has 82 valence electrons. The number of nitrogens with zero attached hydrogens (tertiary/aromatic N) is 2. The molecule has 2 rings (SSSR count). The van der Waals surface area contributed by atoms with Crippen LogP contribution in [0.15, 0.2) is 41.4 Å². The molecule has 1 heterocycles. The van der Waals surface area contributed by atoms with Gasteiger partial charge in [-0.3, -0.25) is 0 Å². The van der Waals surface area contributed by atoms with E-state index in [1.807, 2.05) is 49.6 Å². The molecule has 0 N–H and O–H groups in total. The SMILES string of the molecule is CSc1ccc(Oc2ccc(C)cc2)nn1. The standard InChI is InChI=1S/C12H12N2OS/c1-9-3-5-10(6-4-9)15-11-7-8-12(16-2)14-13-11/h3-8H,1-2H3. The molecule has 0 fully saturated rings. The van der Waals surface area contributed by atoms with Crippen LogP contribution in [-0.4, -0.2) is 16.5 Å². The van der Waals surface area contributed by atoms with E-state index in [0.29, 0.717) is 5.88 Å². The van der Waals surface area contributed by atoms with Crippen LogP contribution in [0.25, 0.3) is 0 Å². The second-order valence-electron chi connectivity index (χ2n) is 3.33. The van der Waals surface area contributed by atoms with E-state index in [9.17, 15) is 0 Å². The highest BCUT2D eigenvalue weighted by Crippen LogP contribution is 2.20. The molecule has 0 amide bonds. The van der Waals surface area contributed by atoms with E-state index >= 15 is 0 Å². The molecule has 0 unspecified atom stereocenters. The molecular weight excluding hydrogens is 220 g/mol. The molecule has 0 bridgehead atoms. The number of thioether (sulfide) groups is 1. The van der Waals surface area contributed by atoms with Gasteiger partial charge in [-0.05, 0) is 31.4 Å². The first kappa shape index (κ1) is 11.0. The Morgan fingerprint density at radius 3 is 2.31 bits per heavy atom. The van der Waals surface area contributed by atoms with E-state index in [1.165, 1.54) is 5.56 Å². The van der Waals surface area contributed by atoms with Gasteiger partial charge in [-0.15, -0.1) is 22.0 Å². The zero-order valence-corrected chi connectivity index (χ0v) is 9.99. The van der Waals surface area contributed by atoms with Crippen LogP contribution in [0, 0.1) is 6.92 Å². The van der Waals surface area contributed by atoms with Gasteiger partial charge in [0.05, 0.1) is 0 Å². The molecule has 0 spiro atoms. The minimum atomic E-state index is 0.515. The van der Waals surface area contributed by atoms with Crippen LogP contribution in [0.2, 0.25) is 0 Å². The Balaban J connectivity index is 2.11. The molecule has 2 aromatic rings. The van der Waals surface area contributed by atoms with Gasteiger partial charge in [0.25, 0.3) is 0 Å². The van der Waals surface area contributed by atoms with Crippen LogP contribution in [0.5, 0.6) is 11.6 Å². The van der Waals surface area contributed by atoms with Gasteiger partial charge in [0.2, 0.25) is 5.88 Å². The first-order valence-corrected chi connectivity index (χ1v) is 6.12. The summed E-state index contributed by atoms with van der Waals surface area (Å²) in [6, 6.07) is 11.5. The first-order valence-electron chi connectivity index (χ1n) is 4.90. The smallest absolute Gasteiger partial charge is 0.238 e. The molecule has 0 radical (unpaired) electrons. The van der Waals surface area contributed by atoms with Crippen LogP contribution in [0.3, 0.4) is 0 Å². The first-order chi connectivity index (χ1) is 7.78. The minimum absolute atomic E-state index is 0.515. The zero-order valence-electron chi connectivity index (χ0n) is 9.18. The van der Waals surface area contributed by atoms with Gasteiger partial charge in [-0.1, -0.05) is 17.7 Å². The Morgan fingerprint density at radius 1 is 1.00 bits per heavy atom. The molecule has 0 aliphatic carbocycles. The van der Waals surface area contributed by atoms with Crippen molar-refractivity contribution in [2.24, 2.45) is 0 Å². The predicted octanol–water partition coefficient (Wildman–Crippen LogP) is 3.30. The molecule has 0 saturated carbocycles. The quantitative estimate of drug-likeness (QED) is 0.760. The predicted molar refractivity (Wildman–Crippen MR) is 65.1 cm³/mol. The van der Waals surface area contributed by atoms with Crippen LogP contribution in [-0.2, 0) is 0 Å². The highest BCUT2D eigenvalue weighted by atomic mass is 32.2. The van der Waals surface area contributed by atoms with Gasteiger partial charge >= 0.3 is 0 Å². The Labute approximate surface area is 98.9 Å². The molecule has 0 aliphatic rings. The van der Waals surface area contributed by atoms with Crippen molar-refractivity contribution in [2.75, 3.05) is 6.26 Å². The number of aromatic nitrogens is 2. The van der Waals surface area contributed by atoms with Crippen LogP contribution < -0.4 is 4.74 Å². The minimum Gasteiger partial charge on any atom is -0.438 e. The lowest BCUT2D eigenvalue weighted by Gasteiger charge is -2.04. The molecule has 3 nitrogen and oxygen atoms in total. The summed E-state index contributed by atoms with van der Waals surface area (Å²) in [5, 5.41) is 8.86. The molecule has 0 saturated heterocycles. The molecule has 1 aromatic heterocycles. The van der Waals surface area contributed by atoms with Gasteiger partial charge in [0.15, 0.2) is 0 Å². The lowest BCUT2D eigenvalue weighted by Crippen LogP contribution is -1.91. The van der Waals surface area contributed by atoms with Gasteiger partial charge in [-0.25, -0.2) is 0 Å². The average Bonchev–Trinajstić information content (AvgIpc) is 2.33. The van der Waals surface area contributed by atoms with Crippen LogP contribution in [0.1, 0.15) is 5.56 Å². The number of hydrogen-bond acceptors (Lipinski definition) is 4. The molecule has 0 atom stereocenters. The molecule has 1 aromatic carbocycles. The van der Waals surface area contributed by atoms with Crippen molar-refractivity contribution in [1.29, 1.82) is 0 Å². The fourth-order valence-electron chi connectivity index (χ4n) is 1.20. The maximum absolute atomic E-state index is 5.55. The summed E-state index contributed by atoms with van der Waals surface area (Å²) < 4.78 is 5.55. The highest BCUT2D eigenvalue weighted by molar-refractivity contribution is 7.98. The summed E-state index contributed by atoms with van der Waals surface area (Å²) in [7, 11) is 0. The summed E-state index contributed by atoms with van der Waals surface area (Å²) in [6.07, 6.45) is 1.96. The summed E-state index contributed by atoms with van der Waals surface area (Å²) in [5.74, 6) is 1.29. The maximum Gasteiger partial charge on any atom is 0.238 e. The topological polar surface area (TPSA) is 35.0 Å². The molecular formula is C12H12N2OS. The van der Waals surface area contributed by atoms with Crippen LogP contribution >= 0.6 is 11.8 Å². The zero-order chi connectivity index (χ0) is 11.4. The Morgan fingerprint density at radius 2 is 1.75 bits per heavy atom. The fraction of sp³-hybridized carbons (Fsp3) is 0.167. The van der Waals surface area contributed by atoms with E-state index in [-0.39, 0.29) is 0 Å². The normalized spacial score (nSPS) is 10.1. The maximum atomic E-state index is 5.55. The lowest BCUT2D eigenvalue weighted by molar-refractivity contribution is 0.452. The summed E-state index contributed by atoms with van der Waals surface area (Å²) >= 11 is 1.56. The van der Waals surface area contributed by atoms with Gasteiger partial charge in [0, 0.05) is 6.07 Å². The second-order valence-corrected chi connectivity index (χ2v) is 4.16. The van der Waals surface area contributed by atoms with Crippen molar-refractivity contribution in [3.05, 3.63) is 42.0 Å². The van der Waals surface area contributed by atoms with E-state index < -0.39 is 0 Å². The van der Waals surface area contributed by atoms with Crippen molar-refractivity contribution < 1.29 is 4.74 Å². The number of hydrogen-bond donors (Lipinski definition) is 0. The van der Waals surface area contributed by atoms with Crippen molar-refractivity contribution >= 4 is 11.8 Å². The van der Waals surface area contributed by atoms with Crippen molar-refractivity contribution in [2.45, 2.75) is 11.9 Å². The third kappa shape index (κ3) is 2.73. The fourth-order valence-corrected chi connectivity index (χ4v) is 1.52. The van der Waals surface area contributed by atoms with Gasteiger partial charge in [-0.2, -0.15) is 0 Å². The number of rotatable bonds is 3. The Bertz CT molecular complexity index is 453. The monoisotopic (exact) mass is 232 g/mol. The van der Waals surface area contributed by atoms with E-state index in [1.54, 1.807) is 11.8 Å². The van der Waals surface area contributed by atoms with E-state index in [4.69, 9.17) is 4.74 Å². The van der Waals surface area contributed by atoms with Crippen molar-refractivity contribution in [3.8, 4) is 11.6 Å².